The minimum Gasteiger partial charge on any atom is -0.483 e. The predicted octanol–water partition coefficient (Wildman–Crippen LogP) is 3.58. The number of fused-ring (bicyclic) bond motifs is 1. The smallest absolute Gasteiger partial charge is 0.419 e. The van der Waals surface area contributed by atoms with Gasteiger partial charge in [0.25, 0.3) is 5.91 Å². The number of alkyl halides is 6. The average molecular weight is 456 g/mol. The van der Waals surface area contributed by atoms with E-state index in [9.17, 15) is 31.1 Å². The average Bonchev–Trinajstić information content (AvgIpc) is 3.08. The van der Waals surface area contributed by atoms with E-state index >= 15 is 0 Å². The van der Waals surface area contributed by atoms with Crippen LogP contribution in [-0.4, -0.2) is 36.0 Å². The van der Waals surface area contributed by atoms with Gasteiger partial charge in [-0.3, -0.25) is 9.79 Å². The zero-order valence-electron chi connectivity index (χ0n) is 16.6. The molecule has 1 saturated heterocycles. The minimum absolute atomic E-state index is 0.0143. The molecule has 0 aromatic heterocycles. The molecule has 10 heteroatoms. The number of carbonyl (C=O) groups excluding carboxylic acids is 1. The van der Waals surface area contributed by atoms with Crippen molar-refractivity contribution >= 4 is 12.0 Å². The van der Waals surface area contributed by atoms with Crippen LogP contribution in [0.5, 0.6) is 5.75 Å². The van der Waals surface area contributed by atoms with E-state index < -0.39 is 47.3 Å². The molecule has 170 valence electrons. The Morgan fingerprint density at radius 1 is 1.00 bits per heavy atom. The van der Waals surface area contributed by atoms with Crippen LogP contribution in [0, 0.1) is 0 Å². The molecular weight excluding hydrogens is 438 g/mol. The molecule has 1 fully saturated rings. The van der Waals surface area contributed by atoms with E-state index in [2.05, 4.69) is 6.08 Å². The van der Waals surface area contributed by atoms with Gasteiger partial charge in [0.2, 0.25) is 0 Å². The quantitative estimate of drug-likeness (QED) is 0.663. The number of hydrogen-bond acceptors (Lipinski definition) is 3. The third-order valence-corrected chi connectivity index (χ3v) is 5.65. The van der Waals surface area contributed by atoms with Crippen LogP contribution in [0.25, 0.3) is 6.08 Å². The first-order valence-electron chi connectivity index (χ1n) is 9.84. The Bertz CT molecular complexity index is 1110. The third-order valence-electron chi connectivity index (χ3n) is 5.65. The fourth-order valence-electron chi connectivity index (χ4n) is 3.96. The van der Waals surface area contributed by atoms with Crippen LogP contribution in [0.1, 0.15) is 24.0 Å². The first-order valence-corrected chi connectivity index (χ1v) is 9.84. The molecule has 2 aromatic rings. The standard InChI is InChI=1S/C22H18F6N2O2/c23-21(24,25)15-5-6-18(16(11-15)22(26,27)28)32-13-19(31)30-9-7-20(8-10-30)12-14-3-1-2-4-17(14)29-20/h1-6,11-12H,7-10,13H2. The van der Waals surface area contributed by atoms with Crippen molar-refractivity contribution in [1.82, 2.24) is 4.90 Å². The number of hydrogen-bond donors (Lipinski definition) is 0. The maximum atomic E-state index is 13.2. The number of benzene rings is 2. The summed E-state index contributed by atoms with van der Waals surface area (Å²) in [6, 6.07) is 8.75. The number of rotatable bonds is 3. The first kappa shape index (κ1) is 22.2. The number of piperidine rings is 1. The molecule has 0 saturated carbocycles. The van der Waals surface area contributed by atoms with Crippen LogP contribution in [0.15, 0.2) is 47.5 Å². The van der Waals surface area contributed by atoms with E-state index in [1.165, 1.54) is 4.90 Å². The SMILES string of the molecule is O=C(COc1ccc(C(F)(F)F)cc1C(F)(F)F)N1CCC2(C=c3ccccc3=N2)CC1. The van der Waals surface area contributed by atoms with Crippen molar-refractivity contribution in [3.8, 4) is 5.75 Å². The molecule has 2 heterocycles. The highest BCUT2D eigenvalue weighted by Gasteiger charge is 2.39. The summed E-state index contributed by atoms with van der Waals surface area (Å²) < 4.78 is 83.0. The van der Waals surface area contributed by atoms with Gasteiger partial charge in [0, 0.05) is 13.1 Å². The molecule has 1 spiro atoms. The van der Waals surface area contributed by atoms with Crippen molar-refractivity contribution in [2.45, 2.75) is 30.7 Å². The lowest BCUT2D eigenvalue weighted by Gasteiger charge is -2.36. The maximum absolute atomic E-state index is 13.2. The highest BCUT2D eigenvalue weighted by atomic mass is 19.4. The summed E-state index contributed by atoms with van der Waals surface area (Å²) in [6.45, 7) is -0.0207. The van der Waals surface area contributed by atoms with E-state index in [4.69, 9.17) is 9.73 Å². The monoisotopic (exact) mass is 456 g/mol. The van der Waals surface area contributed by atoms with Gasteiger partial charge in [0.05, 0.1) is 22.0 Å². The number of ether oxygens (including phenoxy) is 1. The summed E-state index contributed by atoms with van der Waals surface area (Å²) in [6.07, 6.45) is -6.81. The molecule has 0 radical (unpaired) electrons. The van der Waals surface area contributed by atoms with Crippen molar-refractivity contribution in [1.29, 1.82) is 0 Å². The van der Waals surface area contributed by atoms with Crippen molar-refractivity contribution in [2.75, 3.05) is 19.7 Å². The maximum Gasteiger partial charge on any atom is 0.419 e. The Kier molecular flexibility index (Phi) is 5.42. The van der Waals surface area contributed by atoms with Gasteiger partial charge in [-0.2, -0.15) is 26.3 Å². The Morgan fingerprint density at radius 3 is 2.31 bits per heavy atom. The van der Waals surface area contributed by atoms with Crippen LogP contribution in [0.4, 0.5) is 26.3 Å². The summed E-state index contributed by atoms with van der Waals surface area (Å²) in [5.74, 6) is -1.36. The van der Waals surface area contributed by atoms with Gasteiger partial charge in [-0.15, -0.1) is 0 Å². The summed E-state index contributed by atoms with van der Waals surface area (Å²) >= 11 is 0. The van der Waals surface area contributed by atoms with Gasteiger partial charge in [-0.25, -0.2) is 0 Å². The molecule has 0 bridgehead atoms. The lowest BCUT2D eigenvalue weighted by molar-refractivity contribution is -0.145. The van der Waals surface area contributed by atoms with Gasteiger partial charge in [0.1, 0.15) is 5.75 Å². The van der Waals surface area contributed by atoms with E-state index in [0.717, 1.165) is 10.6 Å². The van der Waals surface area contributed by atoms with Crippen molar-refractivity contribution in [2.24, 2.45) is 4.99 Å². The molecule has 32 heavy (non-hydrogen) atoms. The lowest BCUT2D eigenvalue weighted by Crippen LogP contribution is -2.46. The van der Waals surface area contributed by atoms with Crippen LogP contribution in [0.2, 0.25) is 0 Å². The van der Waals surface area contributed by atoms with E-state index in [0.29, 0.717) is 38.1 Å². The predicted molar refractivity (Wildman–Crippen MR) is 102 cm³/mol. The van der Waals surface area contributed by atoms with Crippen LogP contribution >= 0.6 is 0 Å². The van der Waals surface area contributed by atoms with Crippen LogP contribution in [-0.2, 0) is 17.1 Å². The summed E-state index contributed by atoms with van der Waals surface area (Å²) in [4.78, 5) is 18.7. The van der Waals surface area contributed by atoms with Crippen molar-refractivity contribution in [3.63, 3.8) is 0 Å². The van der Waals surface area contributed by atoms with Crippen molar-refractivity contribution < 1.29 is 35.9 Å². The van der Waals surface area contributed by atoms with Gasteiger partial charge in [-0.1, -0.05) is 18.2 Å². The minimum atomic E-state index is -5.06. The fraction of sp³-hybridized carbons (Fsp3) is 0.364. The second-order valence-corrected chi connectivity index (χ2v) is 7.79. The number of likely N-dealkylation sites (tertiary alicyclic amines) is 1. The summed E-state index contributed by atoms with van der Waals surface area (Å²) in [5, 5.41) is 1.91. The van der Waals surface area contributed by atoms with Gasteiger partial charge in [0.15, 0.2) is 6.61 Å². The zero-order valence-corrected chi connectivity index (χ0v) is 16.6. The molecule has 2 aromatic carbocycles. The third kappa shape index (κ3) is 4.44. The summed E-state index contributed by atoms with van der Waals surface area (Å²) in [5.41, 5.74) is -3.42. The lowest BCUT2D eigenvalue weighted by atomic mass is 9.88. The second-order valence-electron chi connectivity index (χ2n) is 7.79. The molecular formula is C22H18F6N2O2. The highest BCUT2D eigenvalue weighted by Crippen LogP contribution is 2.40. The Morgan fingerprint density at radius 2 is 1.69 bits per heavy atom. The Balaban J connectivity index is 1.41. The topological polar surface area (TPSA) is 41.9 Å². The fourth-order valence-corrected chi connectivity index (χ4v) is 3.96. The van der Waals surface area contributed by atoms with Crippen molar-refractivity contribution in [3.05, 3.63) is 64.2 Å². The summed E-state index contributed by atoms with van der Waals surface area (Å²) in [7, 11) is 0. The first-order chi connectivity index (χ1) is 15.0. The number of para-hydroxylation sites is 1. The number of carbonyl (C=O) groups is 1. The molecule has 2 aliphatic rings. The van der Waals surface area contributed by atoms with E-state index in [1.807, 2.05) is 24.3 Å². The number of halogens is 6. The molecule has 4 nitrogen and oxygen atoms in total. The largest absolute Gasteiger partial charge is 0.483 e. The van der Waals surface area contributed by atoms with E-state index in [1.54, 1.807) is 0 Å². The molecule has 4 rings (SSSR count). The second kappa shape index (κ2) is 7.83. The van der Waals surface area contributed by atoms with Gasteiger partial charge in [-0.05, 0) is 48.4 Å². The highest BCUT2D eigenvalue weighted by molar-refractivity contribution is 5.78. The molecule has 0 atom stereocenters. The van der Waals surface area contributed by atoms with E-state index in [-0.39, 0.29) is 6.07 Å². The van der Waals surface area contributed by atoms with Crippen LogP contribution < -0.4 is 15.3 Å². The molecule has 0 N–H and O–H groups in total. The van der Waals surface area contributed by atoms with Gasteiger partial charge >= 0.3 is 12.4 Å². The molecule has 0 unspecified atom stereocenters. The Labute approximate surface area is 178 Å². The Hall–Kier alpha value is -3.04. The normalized spacial score (nSPS) is 17.5. The number of amides is 1. The molecule has 2 aliphatic heterocycles. The molecule has 1 amide bonds. The van der Waals surface area contributed by atoms with Crippen LogP contribution in [0.3, 0.4) is 0 Å². The zero-order chi connectivity index (χ0) is 23.1. The van der Waals surface area contributed by atoms with Gasteiger partial charge < -0.3 is 9.64 Å². The molecule has 0 aliphatic carbocycles. The number of nitrogens with zero attached hydrogens (tertiary/aromatic N) is 2.